The van der Waals surface area contributed by atoms with Gasteiger partial charge < -0.3 is 10.2 Å². The Morgan fingerprint density at radius 1 is 1.23 bits per heavy atom. The van der Waals surface area contributed by atoms with Crippen LogP contribution in [0.25, 0.3) is 5.65 Å². The fourth-order valence-electron chi connectivity index (χ4n) is 3.85. The topological polar surface area (TPSA) is 62.5 Å². The molecule has 1 aliphatic rings. The largest absolute Gasteiger partial charge is 0.322 e. The highest BCUT2D eigenvalue weighted by molar-refractivity contribution is 5.90. The number of nitrogens with one attached hydrogen (secondary N) is 1. The number of rotatable bonds is 3. The van der Waals surface area contributed by atoms with Crippen molar-refractivity contribution in [1.82, 2.24) is 19.5 Å². The van der Waals surface area contributed by atoms with Crippen LogP contribution in [0.1, 0.15) is 31.2 Å². The smallest absolute Gasteiger partial charge is 0.319 e. The van der Waals surface area contributed by atoms with Gasteiger partial charge in [0.1, 0.15) is 5.82 Å². The molecule has 1 unspecified atom stereocenters. The Morgan fingerprint density at radius 2 is 2.04 bits per heavy atom. The van der Waals surface area contributed by atoms with E-state index in [0.717, 1.165) is 37.1 Å². The van der Waals surface area contributed by atoms with Crippen molar-refractivity contribution in [2.45, 2.75) is 38.6 Å². The van der Waals surface area contributed by atoms with Gasteiger partial charge in [0.25, 0.3) is 0 Å². The number of fused-ring (bicyclic) bond motifs is 1. The SMILES string of the molecule is Cc1nc2ccc(NC(=O)N3CCCC3(C)Cc3ccccc3)cn2n1. The average Bonchev–Trinajstić information content (AvgIpc) is 3.17. The fourth-order valence-corrected chi connectivity index (χ4v) is 3.85. The number of carbonyl (C=O) groups excluding carboxylic acids is 1. The first-order valence-corrected chi connectivity index (χ1v) is 8.99. The summed E-state index contributed by atoms with van der Waals surface area (Å²) in [6, 6.07) is 14.0. The predicted molar refractivity (Wildman–Crippen MR) is 101 cm³/mol. The second-order valence-electron chi connectivity index (χ2n) is 7.22. The maximum absolute atomic E-state index is 12.9. The van der Waals surface area contributed by atoms with E-state index in [1.54, 1.807) is 10.7 Å². The summed E-state index contributed by atoms with van der Waals surface area (Å²) in [6.07, 6.45) is 4.70. The van der Waals surface area contributed by atoms with Gasteiger partial charge in [0.2, 0.25) is 0 Å². The average molecular weight is 349 g/mol. The van der Waals surface area contributed by atoms with Gasteiger partial charge >= 0.3 is 6.03 Å². The maximum atomic E-state index is 12.9. The Hall–Kier alpha value is -2.89. The lowest BCUT2D eigenvalue weighted by atomic mass is 9.90. The van der Waals surface area contributed by atoms with Crippen molar-refractivity contribution in [2.24, 2.45) is 0 Å². The molecule has 1 aliphatic heterocycles. The molecule has 1 N–H and O–H groups in total. The van der Waals surface area contributed by atoms with Crippen molar-refractivity contribution in [2.75, 3.05) is 11.9 Å². The summed E-state index contributed by atoms with van der Waals surface area (Å²) in [5.41, 5.74) is 2.59. The monoisotopic (exact) mass is 349 g/mol. The first-order chi connectivity index (χ1) is 12.5. The molecule has 0 radical (unpaired) electrons. The van der Waals surface area contributed by atoms with Crippen molar-refractivity contribution in [1.29, 1.82) is 0 Å². The molecular formula is C20H23N5O. The number of pyridine rings is 1. The summed E-state index contributed by atoms with van der Waals surface area (Å²) in [4.78, 5) is 19.2. The number of hydrogen-bond acceptors (Lipinski definition) is 3. The Morgan fingerprint density at radius 3 is 2.85 bits per heavy atom. The molecule has 3 heterocycles. The van der Waals surface area contributed by atoms with E-state index >= 15 is 0 Å². The van der Waals surface area contributed by atoms with Crippen LogP contribution < -0.4 is 5.32 Å². The molecule has 0 bridgehead atoms. The van der Waals surface area contributed by atoms with E-state index in [9.17, 15) is 4.79 Å². The van der Waals surface area contributed by atoms with Crippen LogP contribution in [0.15, 0.2) is 48.7 Å². The zero-order valence-electron chi connectivity index (χ0n) is 15.1. The summed E-state index contributed by atoms with van der Waals surface area (Å²) in [6.45, 7) is 4.81. The molecule has 0 saturated carbocycles. The van der Waals surface area contributed by atoms with Crippen LogP contribution in [0, 0.1) is 6.92 Å². The van der Waals surface area contributed by atoms with E-state index < -0.39 is 0 Å². The third-order valence-corrected chi connectivity index (χ3v) is 5.11. The lowest BCUT2D eigenvalue weighted by molar-refractivity contribution is 0.168. The number of aryl methyl sites for hydroxylation is 1. The molecule has 6 nitrogen and oxygen atoms in total. The molecule has 1 aromatic carbocycles. The van der Waals surface area contributed by atoms with Gasteiger partial charge in [0, 0.05) is 12.1 Å². The maximum Gasteiger partial charge on any atom is 0.322 e. The highest BCUT2D eigenvalue weighted by Gasteiger charge is 2.39. The van der Waals surface area contributed by atoms with Crippen molar-refractivity contribution in [3.05, 3.63) is 60.0 Å². The minimum Gasteiger partial charge on any atom is -0.319 e. The predicted octanol–water partition coefficient (Wildman–Crippen LogP) is 3.67. The van der Waals surface area contributed by atoms with E-state index in [-0.39, 0.29) is 11.6 Å². The van der Waals surface area contributed by atoms with Crippen LogP contribution >= 0.6 is 0 Å². The second-order valence-corrected chi connectivity index (χ2v) is 7.22. The van der Waals surface area contributed by atoms with E-state index in [2.05, 4.69) is 34.5 Å². The number of anilines is 1. The standard InChI is InChI=1S/C20H23N5O/c1-15-21-18-10-9-17(14-25(18)23-15)22-19(26)24-12-6-11-20(24,2)13-16-7-4-3-5-8-16/h3-5,7-10,14H,6,11-13H2,1-2H3,(H,22,26). The van der Waals surface area contributed by atoms with Gasteiger partial charge in [-0.25, -0.2) is 14.3 Å². The molecule has 2 aromatic heterocycles. The summed E-state index contributed by atoms with van der Waals surface area (Å²) in [5, 5.41) is 7.33. The lowest BCUT2D eigenvalue weighted by Gasteiger charge is -2.35. The quantitative estimate of drug-likeness (QED) is 0.785. The number of likely N-dealkylation sites (tertiary alicyclic amines) is 1. The van der Waals surface area contributed by atoms with Crippen LogP contribution in [0.5, 0.6) is 0 Å². The number of aromatic nitrogens is 3. The van der Waals surface area contributed by atoms with Gasteiger partial charge in [-0.3, -0.25) is 0 Å². The van der Waals surface area contributed by atoms with Crippen LogP contribution in [-0.4, -0.2) is 37.6 Å². The second kappa shape index (κ2) is 6.44. The molecule has 3 aromatic rings. The number of amides is 2. The molecule has 1 atom stereocenters. The molecule has 0 spiro atoms. The molecule has 4 rings (SSSR count). The minimum absolute atomic E-state index is 0.0582. The first kappa shape index (κ1) is 16.6. The van der Waals surface area contributed by atoms with Crippen LogP contribution in [0.4, 0.5) is 10.5 Å². The van der Waals surface area contributed by atoms with Gasteiger partial charge in [0.15, 0.2) is 5.65 Å². The molecule has 6 heteroatoms. The van der Waals surface area contributed by atoms with Gasteiger partial charge in [-0.2, -0.15) is 5.10 Å². The minimum atomic E-state index is -0.167. The van der Waals surface area contributed by atoms with Gasteiger partial charge in [0.05, 0.1) is 11.9 Å². The summed E-state index contributed by atoms with van der Waals surface area (Å²) < 4.78 is 1.69. The molecule has 0 aliphatic carbocycles. The Bertz CT molecular complexity index is 936. The highest BCUT2D eigenvalue weighted by Crippen LogP contribution is 2.33. The fraction of sp³-hybridized carbons (Fsp3) is 0.350. The van der Waals surface area contributed by atoms with Crippen molar-refractivity contribution in [3.8, 4) is 0 Å². The van der Waals surface area contributed by atoms with E-state index in [1.807, 2.05) is 42.2 Å². The van der Waals surface area contributed by atoms with Gasteiger partial charge in [-0.1, -0.05) is 30.3 Å². The van der Waals surface area contributed by atoms with Crippen molar-refractivity contribution >= 4 is 17.4 Å². The van der Waals surface area contributed by atoms with Crippen LogP contribution in [0.2, 0.25) is 0 Å². The normalized spacial score (nSPS) is 19.8. The zero-order valence-corrected chi connectivity index (χ0v) is 15.1. The number of benzene rings is 1. The third kappa shape index (κ3) is 3.14. The first-order valence-electron chi connectivity index (χ1n) is 8.99. The van der Waals surface area contributed by atoms with Crippen molar-refractivity contribution < 1.29 is 4.79 Å². The van der Waals surface area contributed by atoms with Gasteiger partial charge in [-0.15, -0.1) is 0 Å². The molecule has 2 amide bonds. The molecule has 1 fully saturated rings. The number of urea groups is 1. The molecule has 1 saturated heterocycles. The number of hydrogen-bond donors (Lipinski definition) is 1. The van der Waals surface area contributed by atoms with Gasteiger partial charge in [-0.05, 0) is 50.8 Å². The summed E-state index contributed by atoms with van der Waals surface area (Å²) >= 11 is 0. The summed E-state index contributed by atoms with van der Waals surface area (Å²) in [7, 11) is 0. The Labute approximate surface area is 152 Å². The molecule has 26 heavy (non-hydrogen) atoms. The van der Waals surface area contributed by atoms with Crippen LogP contribution in [0.3, 0.4) is 0 Å². The number of carbonyl (C=O) groups is 1. The Kier molecular flexibility index (Phi) is 4.11. The van der Waals surface area contributed by atoms with Crippen LogP contribution in [-0.2, 0) is 6.42 Å². The van der Waals surface area contributed by atoms with E-state index in [1.165, 1.54) is 5.56 Å². The lowest BCUT2D eigenvalue weighted by Crippen LogP contribution is -2.48. The zero-order chi connectivity index (χ0) is 18.1. The Balaban J connectivity index is 1.52. The van der Waals surface area contributed by atoms with E-state index in [0.29, 0.717) is 5.82 Å². The summed E-state index contributed by atoms with van der Waals surface area (Å²) in [5.74, 6) is 0.712. The highest BCUT2D eigenvalue weighted by atomic mass is 16.2. The van der Waals surface area contributed by atoms with E-state index in [4.69, 9.17) is 0 Å². The van der Waals surface area contributed by atoms with Crippen molar-refractivity contribution in [3.63, 3.8) is 0 Å². The molecule has 134 valence electrons. The molecular weight excluding hydrogens is 326 g/mol. The number of nitrogens with zero attached hydrogens (tertiary/aromatic N) is 4. The third-order valence-electron chi connectivity index (χ3n) is 5.11.